The van der Waals surface area contributed by atoms with E-state index in [1.807, 2.05) is 42.5 Å². The number of methoxy groups -OCH3 is 1. The van der Waals surface area contributed by atoms with Crippen molar-refractivity contribution in [2.45, 2.75) is 5.92 Å². The van der Waals surface area contributed by atoms with E-state index in [1.165, 1.54) is 7.11 Å². The monoisotopic (exact) mass is 267 g/mol. The summed E-state index contributed by atoms with van der Waals surface area (Å²) in [7, 11) is 1.27. The van der Waals surface area contributed by atoms with E-state index in [0.29, 0.717) is 5.69 Å². The Labute approximate surface area is 116 Å². The van der Waals surface area contributed by atoms with Gasteiger partial charge in [-0.3, -0.25) is 4.79 Å². The summed E-state index contributed by atoms with van der Waals surface area (Å²) in [5, 5.41) is 0. The molecular formula is C16H13NO3. The predicted octanol–water partition coefficient (Wildman–Crippen LogP) is 2.93. The van der Waals surface area contributed by atoms with Gasteiger partial charge < -0.3 is 4.74 Å². The standard InChI is InChI=1S/C16H13NO3/c1-20-16(19)17-13-10-6-5-9-12(13)14(15(17)18)11-7-3-2-4-8-11/h2-10,14H,1H3. The predicted molar refractivity (Wildman–Crippen MR) is 74.6 cm³/mol. The van der Waals surface area contributed by atoms with Crippen molar-refractivity contribution in [3.05, 3.63) is 65.7 Å². The van der Waals surface area contributed by atoms with E-state index < -0.39 is 12.0 Å². The summed E-state index contributed by atoms with van der Waals surface area (Å²) >= 11 is 0. The van der Waals surface area contributed by atoms with E-state index in [9.17, 15) is 9.59 Å². The van der Waals surface area contributed by atoms with Crippen molar-refractivity contribution in [3.63, 3.8) is 0 Å². The van der Waals surface area contributed by atoms with Crippen molar-refractivity contribution < 1.29 is 14.3 Å². The van der Waals surface area contributed by atoms with Crippen LogP contribution in [0.5, 0.6) is 0 Å². The molecule has 0 saturated carbocycles. The maximum Gasteiger partial charge on any atom is 0.420 e. The molecule has 0 fully saturated rings. The van der Waals surface area contributed by atoms with Crippen LogP contribution in [-0.2, 0) is 9.53 Å². The minimum absolute atomic E-state index is 0.274. The fourth-order valence-corrected chi connectivity index (χ4v) is 2.56. The number of hydrogen-bond acceptors (Lipinski definition) is 3. The van der Waals surface area contributed by atoms with Gasteiger partial charge in [0, 0.05) is 0 Å². The molecule has 0 aliphatic carbocycles. The number of fused-ring (bicyclic) bond motifs is 1. The second-order valence-electron chi connectivity index (χ2n) is 4.55. The second-order valence-corrected chi connectivity index (χ2v) is 4.55. The zero-order valence-corrected chi connectivity index (χ0v) is 10.9. The summed E-state index contributed by atoms with van der Waals surface area (Å²) in [6.45, 7) is 0. The fraction of sp³-hybridized carbons (Fsp3) is 0.125. The molecule has 0 spiro atoms. The van der Waals surface area contributed by atoms with E-state index >= 15 is 0 Å². The molecule has 1 unspecified atom stereocenters. The van der Waals surface area contributed by atoms with Gasteiger partial charge in [-0.15, -0.1) is 0 Å². The van der Waals surface area contributed by atoms with Gasteiger partial charge in [-0.25, -0.2) is 9.69 Å². The van der Waals surface area contributed by atoms with Crippen LogP contribution in [0.25, 0.3) is 0 Å². The molecule has 0 saturated heterocycles. The molecule has 2 amide bonds. The molecule has 1 heterocycles. The van der Waals surface area contributed by atoms with E-state index in [0.717, 1.165) is 16.0 Å². The normalized spacial score (nSPS) is 16.9. The molecule has 100 valence electrons. The van der Waals surface area contributed by atoms with Crippen LogP contribution in [0.1, 0.15) is 17.0 Å². The van der Waals surface area contributed by atoms with Gasteiger partial charge >= 0.3 is 6.09 Å². The second kappa shape index (κ2) is 4.81. The zero-order chi connectivity index (χ0) is 14.1. The van der Waals surface area contributed by atoms with Gasteiger partial charge in [0.25, 0.3) is 0 Å². The van der Waals surface area contributed by atoms with Gasteiger partial charge in [0.1, 0.15) is 0 Å². The van der Waals surface area contributed by atoms with Crippen LogP contribution in [0.2, 0.25) is 0 Å². The summed E-state index contributed by atoms with van der Waals surface area (Å²) in [5.74, 6) is -0.726. The third-order valence-electron chi connectivity index (χ3n) is 3.45. The third-order valence-corrected chi connectivity index (χ3v) is 3.45. The number of nitrogens with zero attached hydrogens (tertiary/aromatic N) is 1. The molecule has 20 heavy (non-hydrogen) atoms. The molecule has 4 heteroatoms. The highest BCUT2D eigenvalue weighted by Gasteiger charge is 2.41. The average molecular weight is 267 g/mol. The number of anilines is 1. The fourth-order valence-electron chi connectivity index (χ4n) is 2.56. The quantitative estimate of drug-likeness (QED) is 0.798. The highest BCUT2D eigenvalue weighted by atomic mass is 16.5. The average Bonchev–Trinajstić information content (AvgIpc) is 2.79. The molecule has 1 aliphatic rings. The number of para-hydroxylation sites is 1. The first-order chi connectivity index (χ1) is 9.74. The number of carbonyl (C=O) groups is 2. The van der Waals surface area contributed by atoms with Crippen molar-refractivity contribution in [3.8, 4) is 0 Å². The molecular weight excluding hydrogens is 254 g/mol. The Morgan fingerprint density at radius 1 is 1.05 bits per heavy atom. The van der Waals surface area contributed by atoms with Gasteiger partial charge in [0.2, 0.25) is 5.91 Å². The van der Waals surface area contributed by atoms with Crippen LogP contribution in [0, 0.1) is 0 Å². The first-order valence-corrected chi connectivity index (χ1v) is 6.30. The number of imide groups is 1. The maximum absolute atomic E-state index is 12.6. The Morgan fingerprint density at radius 3 is 2.40 bits per heavy atom. The molecule has 0 radical (unpaired) electrons. The third kappa shape index (κ3) is 1.77. The van der Waals surface area contributed by atoms with Gasteiger partial charge in [-0.05, 0) is 17.2 Å². The summed E-state index contributed by atoms with van der Waals surface area (Å²) in [5.41, 5.74) is 2.30. The van der Waals surface area contributed by atoms with Crippen LogP contribution in [0.15, 0.2) is 54.6 Å². The van der Waals surface area contributed by atoms with Gasteiger partial charge in [-0.1, -0.05) is 48.5 Å². The molecule has 1 aliphatic heterocycles. The lowest BCUT2D eigenvalue weighted by Gasteiger charge is -2.14. The molecule has 2 aromatic carbocycles. The van der Waals surface area contributed by atoms with Crippen molar-refractivity contribution in [2.75, 3.05) is 12.0 Å². The number of benzene rings is 2. The zero-order valence-electron chi connectivity index (χ0n) is 10.9. The summed E-state index contributed by atoms with van der Waals surface area (Å²) in [6.07, 6.45) is -0.652. The minimum Gasteiger partial charge on any atom is -0.452 e. The first kappa shape index (κ1) is 12.4. The number of amides is 2. The van der Waals surface area contributed by atoms with E-state index in [4.69, 9.17) is 4.74 Å². The van der Waals surface area contributed by atoms with E-state index in [2.05, 4.69) is 0 Å². The molecule has 0 N–H and O–H groups in total. The number of carbonyl (C=O) groups excluding carboxylic acids is 2. The van der Waals surface area contributed by atoms with Crippen molar-refractivity contribution >= 4 is 17.7 Å². The topological polar surface area (TPSA) is 46.6 Å². The number of hydrogen-bond donors (Lipinski definition) is 0. The van der Waals surface area contributed by atoms with E-state index in [1.54, 1.807) is 12.1 Å². The molecule has 4 nitrogen and oxygen atoms in total. The lowest BCUT2D eigenvalue weighted by Crippen LogP contribution is -2.35. The van der Waals surface area contributed by atoms with Crippen LogP contribution < -0.4 is 4.90 Å². The van der Waals surface area contributed by atoms with E-state index in [-0.39, 0.29) is 5.91 Å². The Morgan fingerprint density at radius 2 is 1.70 bits per heavy atom. The Bertz CT molecular complexity index is 666. The molecule has 3 rings (SSSR count). The summed E-state index contributed by atoms with van der Waals surface area (Å²) < 4.78 is 4.71. The maximum atomic E-state index is 12.6. The molecule has 0 bridgehead atoms. The van der Waals surface area contributed by atoms with Crippen molar-refractivity contribution in [1.82, 2.24) is 0 Å². The van der Waals surface area contributed by atoms with Gasteiger partial charge in [-0.2, -0.15) is 0 Å². The van der Waals surface area contributed by atoms with Crippen molar-refractivity contribution in [2.24, 2.45) is 0 Å². The smallest absolute Gasteiger partial charge is 0.420 e. The van der Waals surface area contributed by atoms with Gasteiger partial charge in [0.15, 0.2) is 0 Å². The highest BCUT2D eigenvalue weighted by Crippen LogP contribution is 2.41. The number of rotatable bonds is 1. The molecule has 2 aromatic rings. The Balaban J connectivity index is 2.14. The molecule has 1 atom stereocenters. The number of ether oxygens (including phenoxy) is 1. The lowest BCUT2D eigenvalue weighted by atomic mass is 9.93. The highest BCUT2D eigenvalue weighted by molar-refractivity contribution is 6.20. The van der Waals surface area contributed by atoms with Crippen LogP contribution in [-0.4, -0.2) is 19.1 Å². The summed E-state index contributed by atoms with van der Waals surface area (Å²) in [6, 6.07) is 16.7. The minimum atomic E-state index is -0.652. The Hall–Kier alpha value is -2.62. The Kier molecular flexibility index (Phi) is 2.99. The van der Waals surface area contributed by atoms with Crippen LogP contribution in [0.4, 0.5) is 10.5 Å². The largest absolute Gasteiger partial charge is 0.452 e. The van der Waals surface area contributed by atoms with Crippen molar-refractivity contribution in [1.29, 1.82) is 0 Å². The van der Waals surface area contributed by atoms with Crippen LogP contribution >= 0.6 is 0 Å². The SMILES string of the molecule is COC(=O)N1C(=O)C(c2ccccc2)c2ccccc21. The lowest BCUT2D eigenvalue weighted by molar-refractivity contribution is -0.118. The molecule has 0 aromatic heterocycles. The van der Waals surface area contributed by atoms with Gasteiger partial charge in [0.05, 0.1) is 18.7 Å². The van der Waals surface area contributed by atoms with Crippen LogP contribution in [0.3, 0.4) is 0 Å². The summed E-state index contributed by atoms with van der Waals surface area (Å²) in [4.78, 5) is 25.5. The first-order valence-electron chi connectivity index (χ1n) is 6.30.